The lowest BCUT2D eigenvalue weighted by Crippen LogP contribution is -2.23. The number of nitrogens with zero attached hydrogens (tertiary/aromatic N) is 1. The van der Waals surface area contributed by atoms with Crippen molar-refractivity contribution in [3.63, 3.8) is 0 Å². The maximum atomic E-state index is 11.6. The molecule has 0 atom stereocenters. The summed E-state index contributed by atoms with van der Waals surface area (Å²) in [6.07, 6.45) is -4.28. The minimum Gasteiger partial charge on any atom is -0.440 e. The van der Waals surface area contributed by atoms with Gasteiger partial charge in [0.1, 0.15) is 0 Å². The number of ether oxygens (including phenoxy) is 1. The van der Waals surface area contributed by atoms with Crippen molar-refractivity contribution in [1.82, 2.24) is 4.98 Å². The Morgan fingerprint density at radius 2 is 2.36 bits per heavy atom. The number of amides is 1. The molecule has 1 aromatic rings. The number of rotatable bonds is 2. The fourth-order valence-electron chi connectivity index (χ4n) is 0.556. The smallest absolute Gasteiger partial charge is 0.422 e. The summed E-state index contributed by atoms with van der Waals surface area (Å²) >= 11 is 1.08. The van der Waals surface area contributed by atoms with Gasteiger partial charge in [-0.3, -0.25) is 5.32 Å². The van der Waals surface area contributed by atoms with Crippen LogP contribution in [0.5, 0.6) is 0 Å². The molecule has 8 heteroatoms. The molecular weight excluding hydrogens is 221 g/mol. The number of anilines is 1. The highest BCUT2D eigenvalue weighted by Gasteiger charge is 2.29. The van der Waals surface area contributed by atoms with Gasteiger partial charge in [-0.2, -0.15) is 13.2 Å². The van der Waals surface area contributed by atoms with Crippen LogP contribution in [0.15, 0.2) is 11.6 Å². The average Bonchev–Trinajstić information content (AvgIpc) is 2.52. The van der Waals surface area contributed by atoms with Crippen molar-refractivity contribution in [2.75, 3.05) is 11.9 Å². The van der Waals surface area contributed by atoms with E-state index in [0.29, 0.717) is 0 Å². The summed E-state index contributed by atoms with van der Waals surface area (Å²) < 4.78 is 38.6. The average molecular weight is 226 g/mol. The topological polar surface area (TPSA) is 51.2 Å². The monoisotopic (exact) mass is 226 g/mol. The number of aromatic nitrogens is 1. The summed E-state index contributed by atoms with van der Waals surface area (Å²) in [6.45, 7) is -1.61. The summed E-state index contributed by atoms with van der Waals surface area (Å²) in [4.78, 5) is 14.3. The zero-order chi connectivity index (χ0) is 10.6. The largest absolute Gasteiger partial charge is 0.440 e. The quantitative estimate of drug-likeness (QED) is 0.841. The van der Waals surface area contributed by atoms with E-state index in [1.807, 2.05) is 5.32 Å². The normalized spacial score (nSPS) is 11.1. The first-order valence-electron chi connectivity index (χ1n) is 3.37. The van der Waals surface area contributed by atoms with Gasteiger partial charge in [0.2, 0.25) is 0 Å². The molecule has 4 nitrogen and oxygen atoms in total. The fourth-order valence-corrected chi connectivity index (χ4v) is 1.07. The molecular formula is C6H5F3N2O2S. The molecule has 0 aliphatic heterocycles. The summed E-state index contributed by atoms with van der Waals surface area (Å²) in [5.74, 6) is 0. The number of hydrogen-bond acceptors (Lipinski definition) is 4. The van der Waals surface area contributed by atoms with Crippen molar-refractivity contribution in [2.45, 2.75) is 6.18 Å². The molecule has 0 saturated carbocycles. The summed E-state index contributed by atoms with van der Waals surface area (Å²) in [6, 6.07) is 0. The van der Waals surface area contributed by atoms with Crippen LogP contribution in [0.2, 0.25) is 0 Å². The van der Waals surface area contributed by atoms with Crippen LogP contribution in [-0.4, -0.2) is 23.9 Å². The highest BCUT2D eigenvalue weighted by Crippen LogP contribution is 2.15. The number of thiazole rings is 1. The van der Waals surface area contributed by atoms with Gasteiger partial charge in [-0.05, 0) is 0 Å². The Bertz CT molecular complexity index is 299. The highest BCUT2D eigenvalue weighted by molar-refractivity contribution is 7.13. The van der Waals surface area contributed by atoms with Crippen LogP contribution < -0.4 is 5.32 Å². The standard InChI is InChI=1S/C6H5F3N2O2S/c7-6(8,9)3-13-5(12)11-4-10-1-2-14-4/h1-2H,3H2,(H,10,11,12). The number of halogens is 3. The molecule has 0 aromatic carbocycles. The van der Waals surface area contributed by atoms with Gasteiger partial charge in [0.15, 0.2) is 11.7 Å². The van der Waals surface area contributed by atoms with Gasteiger partial charge < -0.3 is 4.74 Å². The van der Waals surface area contributed by atoms with Crippen molar-refractivity contribution in [1.29, 1.82) is 0 Å². The van der Waals surface area contributed by atoms with Gasteiger partial charge in [0.05, 0.1) is 0 Å². The predicted octanol–water partition coefficient (Wildman–Crippen LogP) is 2.25. The van der Waals surface area contributed by atoms with Gasteiger partial charge >= 0.3 is 12.3 Å². The van der Waals surface area contributed by atoms with E-state index in [0.717, 1.165) is 11.3 Å². The first-order valence-corrected chi connectivity index (χ1v) is 4.25. The maximum absolute atomic E-state index is 11.6. The number of nitrogens with one attached hydrogen (secondary N) is 1. The number of hydrogen-bond donors (Lipinski definition) is 1. The van der Waals surface area contributed by atoms with Gasteiger partial charge in [-0.1, -0.05) is 0 Å². The molecule has 1 heterocycles. The molecule has 0 aliphatic rings. The minimum absolute atomic E-state index is 0.192. The van der Waals surface area contributed by atoms with Gasteiger partial charge in [-0.15, -0.1) is 11.3 Å². The second-order valence-electron chi connectivity index (χ2n) is 2.15. The molecule has 0 radical (unpaired) electrons. The lowest BCUT2D eigenvalue weighted by molar-refractivity contribution is -0.159. The van der Waals surface area contributed by atoms with Crippen molar-refractivity contribution < 1.29 is 22.7 Å². The third-order valence-corrected chi connectivity index (χ3v) is 1.70. The van der Waals surface area contributed by atoms with E-state index in [-0.39, 0.29) is 5.13 Å². The van der Waals surface area contributed by atoms with E-state index >= 15 is 0 Å². The maximum Gasteiger partial charge on any atom is 0.422 e. The number of carbonyl (C=O) groups excluding carboxylic acids is 1. The molecule has 0 aliphatic carbocycles. The highest BCUT2D eigenvalue weighted by atomic mass is 32.1. The second kappa shape index (κ2) is 4.27. The van der Waals surface area contributed by atoms with Crippen LogP contribution >= 0.6 is 11.3 Å². The molecule has 1 aromatic heterocycles. The summed E-state index contributed by atoms with van der Waals surface area (Å²) in [5.41, 5.74) is 0. The third-order valence-electron chi connectivity index (χ3n) is 1.01. The third kappa shape index (κ3) is 4.08. The van der Waals surface area contributed by atoms with Crippen LogP contribution in [0.1, 0.15) is 0 Å². The Morgan fingerprint density at radius 1 is 1.64 bits per heavy atom. The molecule has 78 valence electrons. The number of carbonyl (C=O) groups is 1. The lowest BCUT2D eigenvalue weighted by Gasteiger charge is -2.07. The summed E-state index contributed by atoms with van der Waals surface area (Å²) in [5, 5.41) is 3.80. The Morgan fingerprint density at radius 3 is 2.86 bits per heavy atom. The van der Waals surface area contributed by atoms with E-state index in [1.165, 1.54) is 6.20 Å². The molecule has 0 spiro atoms. The molecule has 14 heavy (non-hydrogen) atoms. The fraction of sp³-hybridized carbons (Fsp3) is 0.333. The van der Waals surface area contributed by atoms with Crippen molar-refractivity contribution in [2.24, 2.45) is 0 Å². The molecule has 0 saturated heterocycles. The van der Waals surface area contributed by atoms with Crippen LogP contribution in [0.25, 0.3) is 0 Å². The Balaban J connectivity index is 2.30. The van der Waals surface area contributed by atoms with Crippen molar-refractivity contribution in [3.8, 4) is 0 Å². The zero-order valence-corrected chi connectivity index (χ0v) is 7.48. The first kappa shape index (κ1) is 10.8. The van der Waals surface area contributed by atoms with E-state index in [9.17, 15) is 18.0 Å². The van der Waals surface area contributed by atoms with Crippen molar-refractivity contribution >= 4 is 22.6 Å². The van der Waals surface area contributed by atoms with Crippen LogP contribution in [-0.2, 0) is 4.74 Å². The molecule has 0 fully saturated rings. The molecule has 0 bridgehead atoms. The SMILES string of the molecule is O=C(Nc1nccs1)OCC(F)(F)F. The lowest BCUT2D eigenvalue weighted by atomic mass is 10.7. The molecule has 1 rings (SSSR count). The van der Waals surface area contributed by atoms with E-state index in [1.54, 1.807) is 5.38 Å². The predicted molar refractivity (Wildman–Crippen MR) is 43.1 cm³/mol. The van der Waals surface area contributed by atoms with Crippen LogP contribution in [0.3, 0.4) is 0 Å². The molecule has 1 N–H and O–H groups in total. The van der Waals surface area contributed by atoms with Crippen LogP contribution in [0.4, 0.5) is 23.1 Å². The second-order valence-corrected chi connectivity index (χ2v) is 3.05. The number of alkyl halides is 3. The van der Waals surface area contributed by atoms with Gasteiger partial charge in [-0.25, -0.2) is 9.78 Å². The van der Waals surface area contributed by atoms with E-state index in [2.05, 4.69) is 9.72 Å². The van der Waals surface area contributed by atoms with Gasteiger partial charge in [0, 0.05) is 11.6 Å². The minimum atomic E-state index is -4.51. The van der Waals surface area contributed by atoms with E-state index < -0.39 is 18.9 Å². The van der Waals surface area contributed by atoms with E-state index in [4.69, 9.17) is 0 Å². The Kier molecular flexibility index (Phi) is 3.28. The zero-order valence-electron chi connectivity index (χ0n) is 6.67. The Labute approximate surface area is 80.7 Å². The molecule has 1 amide bonds. The van der Waals surface area contributed by atoms with Crippen molar-refractivity contribution in [3.05, 3.63) is 11.6 Å². The van der Waals surface area contributed by atoms with Crippen LogP contribution in [0, 0.1) is 0 Å². The summed E-state index contributed by atoms with van der Waals surface area (Å²) in [7, 11) is 0. The first-order chi connectivity index (χ1) is 6.47. The molecule has 0 unspecified atom stereocenters. The van der Waals surface area contributed by atoms with Gasteiger partial charge in [0.25, 0.3) is 0 Å². The Hall–Kier alpha value is -1.31.